The van der Waals surface area contributed by atoms with Crippen molar-refractivity contribution in [3.8, 4) is 0 Å². The Bertz CT molecular complexity index is 926. The van der Waals surface area contributed by atoms with Gasteiger partial charge in [0.05, 0.1) is 46.8 Å². The summed E-state index contributed by atoms with van der Waals surface area (Å²) in [6.07, 6.45) is 6.40. The number of rotatable bonds is 4. The van der Waals surface area contributed by atoms with Gasteiger partial charge in [-0.05, 0) is 192 Å². The van der Waals surface area contributed by atoms with Crippen LogP contribution in [0.15, 0.2) is 0 Å². The molecule has 0 bridgehead atoms. The predicted octanol–water partition coefficient (Wildman–Crippen LogP) is 10.7. The van der Waals surface area contributed by atoms with Gasteiger partial charge in [-0.3, -0.25) is 19.6 Å². The van der Waals surface area contributed by atoms with E-state index in [4.69, 9.17) is 18.9 Å². The molecule has 4 aliphatic rings. The first-order valence-corrected chi connectivity index (χ1v) is 22.4. The van der Waals surface area contributed by atoms with E-state index in [0.717, 1.165) is 26.2 Å². The van der Waals surface area contributed by atoms with Crippen LogP contribution in [0.5, 0.6) is 0 Å². The molecule has 0 aromatic carbocycles. The van der Waals surface area contributed by atoms with Gasteiger partial charge in [0.2, 0.25) is 0 Å². The Morgan fingerprint density at radius 2 is 0.411 bits per heavy atom. The highest BCUT2D eigenvalue weighted by molar-refractivity contribution is 4.89. The zero-order valence-corrected chi connectivity index (χ0v) is 42.2. The SMILES string of the molecule is CC(C)(C)O[C@@H]1CCN(C(C)(C)C)C1.CC(C)(C)O[C@@H]1CCN(C(C)(C)C)C1.CC(C)(C)O[C@H]1CCN(C(C)(C)C)C1.CC(C)(C)O[C@H]1CCN(C(C)(C)C)C1. The zero-order valence-electron chi connectivity index (χ0n) is 42.2. The fraction of sp³-hybridized carbons (Fsp3) is 1.00. The highest BCUT2D eigenvalue weighted by Crippen LogP contribution is 2.28. The van der Waals surface area contributed by atoms with Gasteiger partial charge in [0.1, 0.15) is 0 Å². The van der Waals surface area contributed by atoms with Crippen molar-refractivity contribution >= 4 is 0 Å². The van der Waals surface area contributed by atoms with Gasteiger partial charge in [-0.1, -0.05) is 0 Å². The largest absolute Gasteiger partial charge is 0.371 e. The van der Waals surface area contributed by atoms with Gasteiger partial charge in [-0.15, -0.1) is 0 Å². The molecule has 4 fully saturated rings. The van der Waals surface area contributed by atoms with Crippen LogP contribution in [0, 0.1) is 0 Å². The minimum absolute atomic E-state index is 0.00143. The van der Waals surface area contributed by atoms with Crippen LogP contribution in [-0.4, -0.2) is 141 Å². The van der Waals surface area contributed by atoms with E-state index in [1.807, 2.05) is 0 Å². The molecule has 4 saturated heterocycles. The summed E-state index contributed by atoms with van der Waals surface area (Å²) in [5.74, 6) is 0. The summed E-state index contributed by atoms with van der Waals surface area (Å²) >= 11 is 0. The third-order valence-electron chi connectivity index (χ3n) is 10.5. The van der Waals surface area contributed by atoms with Gasteiger partial charge in [-0.2, -0.15) is 0 Å². The normalized spacial score (nSPS) is 25.7. The summed E-state index contributed by atoms with van der Waals surface area (Å²) in [4.78, 5) is 10.0. The molecule has 0 spiro atoms. The Kier molecular flexibility index (Phi) is 19.7. The summed E-state index contributed by atoms with van der Waals surface area (Å²) in [5, 5.41) is 0. The first kappa shape index (κ1) is 53.7. The van der Waals surface area contributed by atoms with Crippen molar-refractivity contribution in [3.05, 3.63) is 0 Å². The van der Waals surface area contributed by atoms with Gasteiger partial charge in [0.15, 0.2) is 0 Å². The van der Waals surface area contributed by atoms with E-state index in [1.54, 1.807) is 0 Å². The van der Waals surface area contributed by atoms with E-state index in [-0.39, 0.29) is 44.6 Å². The molecule has 0 aromatic heterocycles. The molecule has 0 aliphatic carbocycles. The zero-order chi connectivity index (χ0) is 43.9. The topological polar surface area (TPSA) is 49.9 Å². The first-order valence-electron chi connectivity index (χ1n) is 22.4. The fourth-order valence-electron chi connectivity index (χ4n) is 7.73. The molecule has 56 heavy (non-hydrogen) atoms. The van der Waals surface area contributed by atoms with Crippen molar-refractivity contribution in [3.63, 3.8) is 0 Å². The second kappa shape index (κ2) is 20.5. The highest BCUT2D eigenvalue weighted by Gasteiger charge is 2.36. The summed E-state index contributed by atoms with van der Waals surface area (Å²) in [5.41, 5.74) is 1.15. The molecule has 0 amide bonds. The number of likely N-dealkylation sites (tertiary alicyclic amines) is 4. The van der Waals surface area contributed by atoms with E-state index >= 15 is 0 Å². The van der Waals surface area contributed by atoms with Crippen molar-refractivity contribution in [2.75, 3.05) is 52.4 Å². The second-order valence-electron chi connectivity index (χ2n) is 25.0. The van der Waals surface area contributed by atoms with Crippen LogP contribution in [0.2, 0.25) is 0 Å². The summed E-state index contributed by atoms with van der Waals surface area (Å²) in [6, 6.07) is 0. The molecule has 0 unspecified atom stereocenters. The quantitative estimate of drug-likeness (QED) is 0.279. The third kappa shape index (κ3) is 23.5. The van der Waals surface area contributed by atoms with Crippen LogP contribution >= 0.6 is 0 Å². The first-order chi connectivity index (χ1) is 24.7. The van der Waals surface area contributed by atoms with Crippen LogP contribution < -0.4 is 0 Å². The van der Waals surface area contributed by atoms with Gasteiger partial charge in [-0.25, -0.2) is 0 Å². The van der Waals surface area contributed by atoms with E-state index in [2.05, 4.69) is 186 Å². The summed E-state index contributed by atoms with van der Waals surface area (Å²) in [6.45, 7) is 61.8. The molecule has 0 radical (unpaired) electrons. The van der Waals surface area contributed by atoms with Crippen molar-refractivity contribution in [2.24, 2.45) is 0 Å². The molecule has 0 aromatic rings. The van der Waals surface area contributed by atoms with E-state index in [9.17, 15) is 0 Å². The Balaban J connectivity index is 0.000000373. The van der Waals surface area contributed by atoms with Crippen LogP contribution in [-0.2, 0) is 18.9 Å². The number of ether oxygens (including phenoxy) is 4. The van der Waals surface area contributed by atoms with Crippen molar-refractivity contribution in [1.29, 1.82) is 0 Å². The highest BCUT2D eigenvalue weighted by atomic mass is 16.5. The Morgan fingerprint density at radius 3 is 0.500 bits per heavy atom. The van der Waals surface area contributed by atoms with E-state index in [0.29, 0.717) is 24.4 Å². The minimum atomic E-state index is -0.00143. The third-order valence-corrected chi connectivity index (χ3v) is 10.5. The maximum atomic E-state index is 5.98. The summed E-state index contributed by atoms with van der Waals surface area (Å²) < 4.78 is 23.9. The van der Waals surface area contributed by atoms with Crippen molar-refractivity contribution < 1.29 is 18.9 Å². The fourth-order valence-corrected chi connectivity index (χ4v) is 7.73. The number of nitrogens with zero attached hydrogens (tertiary/aromatic N) is 4. The van der Waals surface area contributed by atoms with Gasteiger partial charge in [0, 0.05) is 74.5 Å². The molecule has 4 rings (SSSR count). The Hall–Kier alpha value is -0.320. The van der Waals surface area contributed by atoms with Gasteiger partial charge < -0.3 is 18.9 Å². The molecule has 0 saturated carbocycles. The monoisotopic (exact) mass is 797 g/mol. The standard InChI is InChI=1S/4C12H25NO/c4*1-11(2,3)13-8-7-10(9-13)14-12(4,5)6/h4*10H,7-9H2,1-6H3/t4*10-/m1100/s1. The molecule has 4 aliphatic heterocycles. The second-order valence-corrected chi connectivity index (χ2v) is 25.0. The molecule has 336 valence electrons. The predicted molar refractivity (Wildman–Crippen MR) is 242 cm³/mol. The van der Waals surface area contributed by atoms with Gasteiger partial charge >= 0.3 is 0 Å². The number of hydrogen-bond acceptors (Lipinski definition) is 8. The van der Waals surface area contributed by atoms with E-state index in [1.165, 1.54) is 51.9 Å². The lowest BCUT2D eigenvalue weighted by Gasteiger charge is -2.32. The van der Waals surface area contributed by atoms with E-state index < -0.39 is 0 Å². The molecular formula is C48H100N4O4. The molecule has 0 N–H and O–H groups in total. The maximum absolute atomic E-state index is 5.98. The molecule has 8 heteroatoms. The molecule has 4 heterocycles. The average molecular weight is 797 g/mol. The van der Waals surface area contributed by atoms with Crippen LogP contribution in [0.1, 0.15) is 192 Å². The molecule has 8 nitrogen and oxygen atoms in total. The smallest absolute Gasteiger partial charge is 0.0721 e. The Morgan fingerprint density at radius 1 is 0.268 bits per heavy atom. The van der Waals surface area contributed by atoms with Crippen LogP contribution in [0.25, 0.3) is 0 Å². The lowest BCUT2D eigenvalue weighted by Crippen LogP contribution is -2.40. The van der Waals surface area contributed by atoms with Crippen molar-refractivity contribution in [1.82, 2.24) is 19.6 Å². The van der Waals surface area contributed by atoms with Crippen molar-refractivity contribution in [2.45, 2.75) is 261 Å². The summed E-state index contributed by atoms with van der Waals surface area (Å²) in [7, 11) is 0. The number of hydrogen-bond donors (Lipinski definition) is 0. The Labute approximate surface area is 350 Å². The van der Waals surface area contributed by atoms with Gasteiger partial charge in [0.25, 0.3) is 0 Å². The van der Waals surface area contributed by atoms with Crippen LogP contribution in [0.4, 0.5) is 0 Å². The lowest BCUT2D eigenvalue weighted by molar-refractivity contribution is -0.0571. The minimum Gasteiger partial charge on any atom is -0.371 e. The lowest BCUT2D eigenvalue weighted by atomic mass is 10.1. The average Bonchev–Trinajstić information content (AvgIpc) is 3.72. The molecular weight excluding hydrogens is 697 g/mol. The molecule has 4 atom stereocenters. The maximum Gasteiger partial charge on any atom is 0.0721 e. The van der Waals surface area contributed by atoms with Crippen LogP contribution in [0.3, 0.4) is 0 Å².